The Labute approximate surface area is 95.6 Å². The first-order valence-electron chi connectivity index (χ1n) is 4.83. The molecular weight excluding hydrogens is 228 g/mol. The van der Waals surface area contributed by atoms with Crippen LogP contribution in [0, 0.1) is 10.1 Å². The molecule has 0 radical (unpaired) electrons. The van der Waals surface area contributed by atoms with Gasteiger partial charge >= 0.3 is 5.82 Å². The largest absolute Gasteiger partial charge is 0.406 e. The Kier molecular flexibility index (Phi) is 2.99. The van der Waals surface area contributed by atoms with E-state index in [0.29, 0.717) is 24.6 Å². The van der Waals surface area contributed by atoms with Crippen molar-refractivity contribution in [3.05, 3.63) is 28.7 Å². The van der Waals surface area contributed by atoms with Gasteiger partial charge in [0.1, 0.15) is 0 Å². The second kappa shape index (κ2) is 4.60. The summed E-state index contributed by atoms with van der Waals surface area (Å²) in [6, 6.07) is 0. The van der Waals surface area contributed by atoms with E-state index < -0.39 is 4.92 Å². The molecule has 9 nitrogen and oxygen atoms in total. The third-order valence-electron chi connectivity index (χ3n) is 2.14. The molecule has 90 valence electrons. The minimum Gasteiger partial charge on any atom is -0.364 e. The summed E-state index contributed by atoms with van der Waals surface area (Å²) in [5, 5.41) is 17.2. The Morgan fingerprint density at radius 2 is 2.41 bits per heavy atom. The van der Waals surface area contributed by atoms with E-state index in [0.717, 1.165) is 0 Å². The van der Waals surface area contributed by atoms with Crippen LogP contribution in [0.25, 0.3) is 0 Å². The SMILES string of the molecule is Cn1cnc([N+](=O)[O-])c1NCCc1ncon1. The lowest BCUT2D eigenvalue weighted by molar-refractivity contribution is -0.388. The summed E-state index contributed by atoms with van der Waals surface area (Å²) in [6.45, 7) is 0.458. The molecule has 0 unspecified atom stereocenters. The van der Waals surface area contributed by atoms with Gasteiger partial charge < -0.3 is 20.0 Å². The molecular formula is C8H10N6O3. The van der Waals surface area contributed by atoms with Crippen LogP contribution in [0.2, 0.25) is 0 Å². The first-order valence-corrected chi connectivity index (χ1v) is 4.83. The highest BCUT2D eigenvalue weighted by Gasteiger charge is 2.19. The zero-order valence-electron chi connectivity index (χ0n) is 9.03. The summed E-state index contributed by atoms with van der Waals surface area (Å²) in [7, 11) is 1.68. The van der Waals surface area contributed by atoms with Gasteiger partial charge in [0, 0.05) is 20.0 Å². The molecule has 0 aliphatic rings. The maximum Gasteiger partial charge on any atom is 0.406 e. The number of nitro groups is 1. The molecule has 0 aliphatic heterocycles. The van der Waals surface area contributed by atoms with Crippen molar-refractivity contribution >= 4 is 11.6 Å². The van der Waals surface area contributed by atoms with Gasteiger partial charge in [0.05, 0.1) is 0 Å². The molecule has 0 spiro atoms. The normalized spacial score (nSPS) is 10.4. The maximum absolute atomic E-state index is 10.7. The highest BCUT2D eigenvalue weighted by atomic mass is 16.6. The summed E-state index contributed by atoms with van der Waals surface area (Å²) in [5.74, 6) is 0.710. The number of nitrogens with zero attached hydrogens (tertiary/aromatic N) is 5. The van der Waals surface area contributed by atoms with E-state index in [1.54, 1.807) is 11.6 Å². The molecule has 2 heterocycles. The number of anilines is 1. The van der Waals surface area contributed by atoms with Crippen LogP contribution < -0.4 is 5.32 Å². The van der Waals surface area contributed by atoms with Crippen LogP contribution in [0.4, 0.5) is 11.6 Å². The number of aryl methyl sites for hydroxylation is 1. The molecule has 2 rings (SSSR count). The third kappa shape index (κ3) is 2.38. The highest BCUT2D eigenvalue weighted by molar-refractivity contribution is 5.51. The Morgan fingerprint density at radius 3 is 3.06 bits per heavy atom. The molecule has 0 saturated carbocycles. The quantitative estimate of drug-likeness (QED) is 0.591. The van der Waals surface area contributed by atoms with E-state index in [-0.39, 0.29) is 5.82 Å². The van der Waals surface area contributed by atoms with Crippen molar-refractivity contribution in [1.82, 2.24) is 19.7 Å². The van der Waals surface area contributed by atoms with Gasteiger partial charge in [0.15, 0.2) is 5.82 Å². The molecule has 1 N–H and O–H groups in total. The summed E-state index contributed by atoms with van der Waals surface area (Å²) >= 11 is 0. The van der Waals surface area contributed by atoms with E-state index in [1.165, 1.54) is 12.7 Å². The van der Waals surface area contributed by atoms with E-state index >= 15 is 0 Å². The van der Waals surface area contributed by atoms with Crippen molar-refractivity contribution in [1.29, 1.82) is 0 Å². The first-order chi connectivity index (χ1) is 8.18. The van der Waals surface area contributed by atoms with Crippen LogP contribution in [-0.2, 0) is 13.5 Å². The van der Waals surface area contributed by atoms with Crippen LogP contribution in [-0.4, -0.2) is 31.2 Å². The molecule has 0 amide bonds. The number of hydrogen-bond acceptors (Lipinski definition) is 7. The highest BCUT2D eigenvalue weighted by Crippen LogP contribution is 2.20. The fourth-order valence-corrected chi connectivity index (χ4v) is 1.35. The lowest BCUT2D eigenvalue weighted by atomic mass is 10.4. The monoisotopic (exact) mass is 238 g/mol. The van der Waals surface area contributed by atoms with Gasteiger partial charge in [-0.25, -0.2) is 0 Å². The van der Waals surface area contributed by atoms with Gasteiger partial charge in [-0.15, -0.1) is 0 Å². The minimum absolute atomic E-state index is 0.194. The van der Waals surface area contributed by atoms with Crippen molar-refractivity contribution in [2.45, 2.75) is 6.42 Å². The smallest absolute Gasteiger partial charge is 0.364 e. The number of nitrogens with one attached hydrogen (secondary N) is 1. The fourth-order valence-electron chi connectivity index (χ4n) is 1.35. The fraction of sp³-hybridized carbons (Fsp3) is 0.375. The second-order valence-electron chi connectivity index (χ2n) is 3.31. The summed E-state index contributed by atoms with van der Waals surface area (Å²) < 4.78 is 6.12. The lowest BCUT2D eigenvalue weighted by Crippen LogP contribution is -2.10. The summed E-state index contributed by atoms with van der Waals surface area (Å²) in [4.78, 5) is 17.7. The minimum atomic E-state index is -0.531. The number of rotatable bonds is 5. The summed E-state index contributed by atoms with van der Waals surface area (Å²) in [5.41, 5.74) is 0. The second-order valence-corrected chi connectivity index (χ2v) is 3.31. The van der Waals surface area contributed by atoms with Gasteiger partial charge in [-0.1, -0.05) is 5.16 Å². The standard InChI is InChI=1S/C8H10N6O3/c1-13-4-10-8(14(15)16)7(13)9-3-2-6-11-5-17-12-6/h4-5,9H,2-3H2,1H3. The van der Waals surface area contributed by atoms with Crippen LogP contribution in [0.15, 0.2) is 17.2 Å². The van der Waals surface area contributed by atoms with Crippen LogP contribution in [0.3, 0.4) is 0 Å². The van der Waals surface area contributed by atoms with E-state index in [9.17, 15) is 10.1 Å². The van der Waals surface area contributed by atoms with Crippen molar-refractivity contribution in [2.24, 2.45) is 7.05 Å². The van der Waals surface area contributed by atoms with Gasteiger partial charge in [0.2, 0.25) is 18.5 Å². The van der Waals surface area contributed by atoms with Crippen molar-refractivity contribution in [2.75, 3.05) is 11.9 Å². The average molecular weight is 238 g/mol. The lowest BCUT2D eigenvalue weighted by Gasteiger charge is -2.03. The van der Waals surface area contributed by atoms with Crippen molar-refractivity contribution in [3.8, 4) is 0 Å². The first kappa shape index (κ1) is 11.0. The van der Waals surface area contributed by atoms with Crippen molar-refractivity contribution < 1.29 is 9.45 Å². The maximum atomic E-state index is 10.7. The Bertz CT molecular complexity index is 505. The predicted molar refractivity (Wildman–Crippen MR) is 56.4 cm³/mol. The predicted octanol–water partition coefficient (Wildman–Crippen LogP) is 0.366. The molecule has 17 heavy (non-hydrogen) atoms. The van der Waals surface area contributed by atoms with Crippen LogP contribution in [0.1, 0.15) is 5.82 Å². The molecule has 0 aromatic carbocycles. The number of imidazole rings is 1. The zero-order chi connectivity index (χ0) is 12.3. The molecule has 0 saturated heterocycles. The molecule has 0 atom stereocenters. The average Bonchev–Trinajstić information content (AvgIpc) is 2.89. The summed E-state index contributed by atoms with van der Waals surface area (Å²) in [6.07, 6.45) is 3.13. The molecule has 2 aromatic rings. The third-order valence-corrected chi connectivity index (χ3v) is 2.14. The number of hydrogen-bond donors (Lipinski definition) is 1. The Hall–Kier alpha value is -2.45. The Balaban J connectivity index is 1.99. The molecule has 9 heteroatoms. The number of aromatic nitrogens is 4. The topological polar surface area (TPSA) is 112 Å². The van der Waals surface area contributed by atoms with E-state index in [2.05, 4.69) is 25.0 Å². The van der Waals surface area contributed by atoms with Gasteiger partial charge in [-0.05, 0) is 9.91 Å². The zero-order valence-corrected chi connectivity index (χ0v) is 9.03. The van der Waals surface area contributed by atoms with Crippen LogP contribution >= 0.6 is 0 Å². The molecule has 2 aromatic heterocycles. The molecule has 0 aliphatic carbocycles. The van der Waals surface area contributed by atoms with Crippen molar-refractivity contribution in [3.63, 3.8) is 0 Å². The van der Waals surface area contributed by atoms with E-state index in [4.69, 9.17) is 0 Å². The molecule has 0 fully saturated rings. The Morgan fingerprint density at radius 1 is 1.59 bits per heavy atom. The molecule has 0 bridgehead atoms. The van der Waals surface area contributed by atoms with Gasteiger partial charge in [-0.2, -0.15) is 4.98 Å². The van der Waals surface area contributed by atoms with Crippen LogP contribution in [0.5, 0.6) is 0 Å². The van der Waals surface area contributed by atoms with Gasteiger partial charge in [0.25, 0.3) is 0 Å². The van der Waals surface area contributed by atoms with E-state index in [1.807, 2.05) is 0 Å². The van der Waals surface area contributed by atoms with Gasteiger partial charge in [-0.3, -0.25) is 4.57 Å².